The standard InChI is InChI=1S/C4H4N2O/c1-3-2-5-4(7)6-3/h1H3,(H,5,7). The van der Waals surface area contributed by atoms with Gasteiger partial charge in [0.15, 0.2) is 0 Å². The number of amides is 2. The van der Waals surface area contributed by atoms with Crippen LogP contribution >= 0.6 is 0 Å². The summed E-state index contributed by atoms with van der Waals surface area (Å²) >= 11 is 0. The molecule has 0 atom stereocenters. The summed E-state index contributed by atoms with van der Waals surface area (Å²) < 4.78 is 0. The van der Waals surface area contributed by atoms with E-state index in [1.165, 1.54) is 0 Å². The summed E-state index contributed by atoms with van der Waals surface area (Å²) in [5.74, 6) is 0. The number of carbonyl (C=O) groups excluding carboxylic acids is 1. The van der Waals surface area contributed by atoms with Gasteiger partial charge in [0.2, 0.25) is 0 Å². The second-order valence-electron chi connectivity index (χ2n) is 1.25. The van der Waals surface area contributed by atoms with Gasteiger partial charge in [-0.05, 0) is 6.92 Å². The Morgan fingerprint density at radius 1 is 1.86 bits per heavy atom. The lowest BCUT2D eigenvalue weighted by Crippen LogP contribution is -2.09. The second-order valence-corrected chi connectivity index (χ2v) is 1.25. The van der Waals surface area contributed by atoms with Gasteiger partial charge in [0.25, 0.3) is 0 Å². The van der Waals surface area contributed by atoms with Crippen LogP contribution < -0.4 is 5.32 Å². The zero-order valence-electron chi connectivity index (χ0n) is 3.86. The van der Waals surface area contributed by atoms with Crippen LogP contribution in [0, 0.1) is 6.54 Å². The monoisotopic (exact) mass is 96.0 g/mol. The molecule has 0 fully saturated rings. The van der Waals surface area contributed by atoms with Gasteiger partial charge in [-0.1, -0.05) is 0 Å². The van der Waals surface area contributed by atoms with Gasteiger partial charge in [-0.3, -0.25) is 0 Å². The fourth-order valence-electron chi connectivity index (χ4n) is 0.352. The van der Waals surface area contributed by atoms with Crippen molar-refractivity contribution in [2.24, 2.45) is 4.99 Å². The van der Waals surface area contributed by atoms with Crippen molar-refractivity contribution >= 4 is 11.7 Å². The molecule has 0 aromatic heterocycles. The molecule has 1 aliphatic rings. The van der Waals surface area contributed by atoms with Crippen molar-refractivity contribution in [2.45, 2.75) is 6.92 Å². The summed E-state index contributed by atoms with van der Waals surface area (Å²) in [5, 5.41) is 2.28. The maximum absolute atomic E-state index is 10.1. The fraction of sp³-hybridized carbons (Fsp3) is 0.250. The fourth-order valence-corrected chi connectivity index (χ4v) is 0.352. The van der Waals surface area contributed by atoms with Gasteiger partial charge in [0.1, 0.15) is 6.54 Å². The third-order valence-corrected chi connectivity index (χ3v) is 0.620. The Balaban J connectivity index is 2.67. The van der Waals surface area contributed by atoms with Crippen molar-refractivity contribution in [2.75, 3.05) is 0 Å². The summed E-state index contributed by atoms with van der Waals surface area (Å²) in [6.45, 7) is 4.23. The van der Waals surface area contributed by atoms with E-state index in [4.69, 9.17) is 0 Å². The number of nitrogens with one attached hydrogen (secondary N) is 1. The minimum Gasteiger partial charge on any atom is -0.320 e. The zero-order chi connectivity index (χ0) is 5.28. The molecule has 0 aromatic carbocycles. The molecule has 3 nitrogen and oxygen atoms in total. The lowest BCUT2D eigenvalue weighted by Gasteiger charge is -1.78. The molecule has 0 spiro atoms. The Morgan fingerprint density at radius 3 is 2.71 bits per heavy atom. The molecular formula is C4H4N2O. The van der Waals surface area contributed by atoms with Crippen LogP contribution in [-0.4, -0.2) is 11.7 Å². The number of hydrogen-bond acceptors (Lipinski definition) is 1. The Bertz CT molecular complexity index is 128. The van der Waals surface area contributed by atoms with Crippen molar-refractivity contribution in [3.63, 3.8) is 0 Å². The van der Waals surface area contributed by atoms with Crippen LogP contribution in [0.1, 0.15) is 6.92 Å². The van der Waals surface area contributed by atoms with Crippen molar-refractivity contribution in [1.29, 1.82) is 0 Å². The molecule has 2 radical (unpaired) electrons. The van der Waals surface area contributed by atoms with Gasteiger partial charge in [-0.15, -0.1) is 0 Å². The zero-order valence-corrected chi connectivity index (χ0v) is 3.86. The lowest BCUT2D eigenvalue weighted by atomic mass is 10.4. The SMILES string of the molecule is CC1=NC(=O)N[C]1. The van der Waals surface area contributed by atoms with E-state index in [1.807, 2.05) is 0 Å². The number of nitrogens with zero attached hydrogens (tertiary/aromatic N) is 1. The minimum atomic E-state index is -0.322. The number of carbonyl (C=O) groups is 1. The van der Waals surface area contributed by atoms with Gasteiger partial charge in [0.05, 0.1) is 5.71 Å². The molecule has 3 heteroatoms. The molecule has 0 aromatic rings. The molecule has 0 bridgehead atoms. The molecule has 1 heterocycles. The first-order valence-electron chi connectivity index (χ1n) is 1.90. The highest BCUT2D eigenvalue weighted by Gasteiger charge is 2.07. The van der Waals surface area contributed by atoms with E-state index in [-0.39, 0.29) is 6.03 Å². The molecule has 0 aliphatic carbocycles. The highest BCUT2D eigenvalue weighted by atomic mass is 16.2. The van der Waals surface area contributed by atoms with Gasteiger partial charge < -0.3 is 5.32 Å². The van der Waals surface area contributed by atoms with E-state index in [9.17, 15) is 4.79 Å². The van der Waals surface area contributed by atoms with Crippen LogP contribution in [0.15, 0.2) is 4.99 Å². The van der Waals surface area contributed by atoms with Crippen molar-refractivity contribution in [3.8, 4) is 0 Å². The van der Waals surface area contributed by atoms with Crippen LogP contribution in [0.25, 0.3) is 0 Å². The Hall–Kier alpha value is -0.860. The highest BCUT2D eigenvalue weighted by molar-refractivity contribution is 6.05. The van der Waals surface area contributed by atoms with Crippen LogP contribution in [0.5, 0.6) is 0 Å². The molecule has 2 amide bonds. The maximum Gasteiger partial charge on any atom is 0.341 e. The molecule has 7 heavy (non-hydrogen) atoms. The first-order valence-corrected chi connectivity index (χ1v) is 1.90. The number of aliphatic imine (C=N–C) groups is 1. The number of urea groups is 1. The number of hydrogen-bond donors (Lipinski definition) is 1. The summed E-state index contributed by atoms with van der Waals surface area (Å²) in [4.78, 5) is 13.5. The van der Waals surface area contributed by atoms with E-state index in [0.29, 0.717) is 5.71 Å². The molecule has 1 N–H and O–H groups in total. The summed E-state index contributed by atoms with van der Waals surface area (Å²) in [5.41, 5.74) is 0.616. The van der Waals surface area contributed by atoms with E-state index in [1.54, 1.807) is 6.92 Å². The molecule has 1 aliphatic heterocycles. The third-order valence-electron chi connectivity index (χ3n) is 0.620. The third kappa shape index (κ3) is 0.765. The van der Waals surface area contributed by atoms with Crippen molar-refractivity contribution in [1.82, 2.24) is 5.32 Å². The molecular weight excluding hydrogens is 92.1 g/mol. The highest BCUT2D eigenvalue weighted by Crippen LogP contribution is 1.90. The minimum absolute atomic E-state index is 0.322. The average Bonchev–Trinajstić information content (AvgIpc) is 1.87. The summed E-state index contributed by atoms with van der Waals surface area (Å²) in [6.07, 6.45) is 0. The largest absolute Gasteiger partial charge is 0.341 e. The van der Waals surface area contributed by atoms with Gasteiger partial charge in [0, 0.05) is 0 Å². The molecule has 36 valence electrons. The number of rotatable bonds is 0. The first kappa shape index (κ1) is 4.30. The van der Waals surface area contributed by atoms with Gasteiger partial charge in [-0.25, -0.2) is 9.79 Å². The smallest absolute Gasteiger partial charge is 0.320 e. The Kier molecular flexibility index (Phi) is 0.817. The lowest BCUT2D eigenvalue weighted by molar-refractivity contribution is 0.253. The van der Waals surface area contributed by atoms with Crippen LogP contribution in [-0.2, 0) is 0 Å². The molecule has 0 saturated heterocycles. The van der Waals surface area contributed by atoms with E-state index in [2.05, 4.69) is 16.9 Å². The molecule has 1 rings (SSSR count). The van der Waals surface area contributed by atoms with Gasteiger partial charge >= 0.3 is 6.03 Å². The Labute approximate surface area is 41.4 Å². The quantitative estimate of drug-likeness (QED) is 0.460. The van der Waals surface area contributed by atoms with Crippen LogP contribution in [0.2, 0.25) is 0 Å². The molecule has 0 saturated carbocycles. The van der Waals surface area contributed by atoms with E-state index in [0.717, 1.165) is 0 Å². The van der Waals surface area contributed by atoms with E-state index >= 15 is 0 Å². The topological polar surface area (TPSA) is 41.5 Å². The molecule has 0 unspecified atom stereocenters. The average molecular weight is 96.1 g/mol. The second kappa shape index (κ2) is 1.33. The maximum atomic E-state index is 10.1. The summed E-state index contributed by atoms with van der Waals surface area (Å²) in [6, 6.07) is -0.322. The normalized spacial score (nSPS) is 19.0. The van der Waals surface area contributed by atoms with E-state index < -0.39 is 0 Å². The van der Waals surface area contributed by atoms with Crippen molar-refractivity contribution in [3.05, 3.63) is 6.54 Å². The van der Waals surface area contributed by atoms with Gasteiger partial charge in [-0.2, -0.15) is 0 Å². The predicted molar refractivity (Wildman–Crippen MR) is 24.9 cm³/mol. The predicted octanol–water partition coefficient (Wildman–Crippen LogP) is 0.209. The first-order chi connectivity index (χ1) is 3.29. The summed E-state index contributed by atoms with van der Waals surface area (Å²) in [7, 11) is 0. The van der Waals surface area contributed by atoms with Crippen molar-refractivity contribution < 1.29 is 4.79 Å². The van der Waals surface area contributed by atoms with Crippen LogP contribution in [0.4, 0.5) is 4.79 Å². The Morgan fingerprint density at radius 2 is 2.57 bits per heavy atom. The van der Waals surface area contributed by atoms with Crippen LogP contribution in [0.3, 0.4) is 0 Å².